The van der Waals surface area contributed by atoms with Crippen LogP contribution in [0.4, 0.5) is 0 Å². The summed E-state index contributed by atoms with van der Waals surface area (Å²) in [5, 5.41) is 9.94. The Hall–Kier alpha value is -2.31. The number of ether oxygens (including phenoxy) is 3. The molecule has 0 radical (unpaired) electrons. The zero-order chi connectivity index (χ0) is 17.1. The summed E-state index contributed by atoms with van der Waals surface area (Å²) < 4.78 is 16.7. The predicted octanol–water partition coefficient (Wildman–Crippen LogP) is 3.93. The van der Waals surface area contributed by atoms with Crippen LogP contribution in [0, 0.1) is 0 Å². The largest absolute Gasteiger partial charge is 0.507 e. The lowest BCUT2D eigenvalue weighted by atomic mass is 10.1. The monoisotopic (exact) mass is 390 g/mol. The van der Waals surface area contributed by atoms with Gasteiger partial charge in [-0.3, -0.25) is 4.79 Å². The number of hydrogen-bond acceptors (Lipinski definition) is 5. The second kappa shape index (κ2) is 7.07. The van der Waals surface area contributed by atoms with Gasteiger partial charge in [0, 0.05) is 21.7 Å². The summed E-state index contributed by atoms with van der Waals surface area (Å²) in [6.45, 7) is 0.644. The van der Waals surface area contributed by atoms with Gasteiger partial charge in [-0.05, 0) is 36.4 Å². The molecule has 24 heavy (non-hydrogen) atoms. The topological polar surface area (TPSA) is 65.0 Å². The van der Waals surface area contributed by atoms with Crippen molar-refractivity contribution in [1.29, 1.82) is 0 Å². The van der Waals surface area contributed by atoms with E-state index in [-0.39, 0.29) is 23.9 Å². The van der Waals surface area contributed by atoms with Gasteiger partial charge in [-0.2, -0.15) is 0 Å². The van der Waals surface area contributed by atoms with E-state index in [2.05, 4.69) is 15.9 Å². The van der Waals surface area contributed by atoms with Gasteiger partial charge >= 0.3 is 0 Å². The molecule has 0 atom stereocenters. The van der Waals surface area contributed by atoms with Gasteiger partial charge < -0.3 is 19.3 Å². The number of allylic oxidation sites excluding steroid dienone is 1. The molecule has 0 fully saturated rings. The minimum Gasteiger partial charge on any atom is -0.507 e. The highest BCUT2D eigenvalue weighted by atomic mass is 79.9. The van der Waals surface area contributed by atoms with E-state index in [1.54, 1.807) is 12.1 Å². The summed E-state index contributed by atoms with van der Waals surface area (Å²) >= 11 is 3.44. The first-order chi connectivity index (χ1) is 11.6. The number of aromatic hydroxyl groups is 1. The van der Waals surface area contributed by atoms with Gasteiger partial charge in [0.2, 0.25) is 0 Å². The summed E-state index contributed by atoms with van der Waals surface area (Å²) in [5.41, 5.74) is 1.89. The first-order valence-electron chi connectivity index (χ1n) is 7.21. The van der Waals surface area contributed by atoms with E-state index in [1.165, 1.54) is 25.3 Å². The molecule has 124 valence electrons. The van der Waals surface area contributed by atoms with Crippen molar-refractivity contribution in [2.24, 2.45) is 0 Å². The molecule has 2 aromatic carbocycles. The molecule has 0 saturated carbocycles. The Balaban J connectivity index is 1.88. The number of rotatable bonds is 4. The lowest BCUT2D eigenvalue weighted by Crippen LogP contribution is -2.12. The molecule has 0 unspecified atom stereocenters. The summed E-state index contributed by atoms with van der Waals surface area (Å²) in [6.07, 6.45) is 3.07. The lowest BCUT2D eigenvalue weighted by molar-refractivity contribution is -0.0165. The zero-order valence-corrected chi connectivity index (χ0v) is 14.5. The second-order valence-corrected chi connectivity index (χ2v) is 6.09. The third-order valence-electron chi connectivity index (χ3n) is 3.59. The minimum atomic E-state index is -0.309. The van der Waals surface area contributed by atoms with Crippen molar-refractivity contribution < 1.29 is 24.1 Å². The van der Waals surface area contributed by atoms with E-state index in [0.29, 0.717) is 18.1 Å². The highest BCUT2D eigenvalue weighted by Gasteiger charge is 2.15. The van der Waals surface area contributed by atoms with Crippen molar-refractivity contribution in [2.45, 2.75) is 6.61 Å². The fourth-order valence-corrected chi connectivity index (χ4v) is 2.96. The van der Waals surface area contributed by atoms with E-state index >= 15 is 0 Å². The first-order valence-corrected chi connectivity index (χ1v) is 8.00. The van der Waals surface area contributed by atoms with E-state index in [0.717, 1.165) is 15.6 Å². The van der Waals surface area contributed by atoms with Crippen LogP contribution < -0.4 is 9.47 Å². The Morgan fingerprint density at radius 2 is 2.17 bits per heavy atom. The van der Waals surface area contributed by atoms with Crippen LogP contribution in [0.15, 0.2) is 40.9 Å². The van der Waals surface area contributed by atoms with Gasteiger partial charge in [0.25, 0.3) is 0 Å². The highest BCUT2D eigenvalue weighted by molar-refractivity contribution is 9.10. The summed E-state index contributed by atoms with van der Waals surface area (Å²) in [7, 11) is 1.50. The summed E-state index contributed by atoms with van der Waals surface area (Å²) in [4.78, 5) is 12.3. The molecule has 1 heterocycles. The van der Waals surface area contributed by atoms with Crippen molar-refractivity contribution in [3.63, 3.8) is 0 Å². The van der Waals surface area contributed by atoms with Crippen molar-refractivity contribution in [3.8, 4) is 17.2 Å². The van der Waals surface area contributed by atoms with Crippen LogP contribution in [-0.2, 0) is 11.3 Å². The van der Waals surface area contributed by atoms with Gasteiger partial charge in [0.05, 0.1) is 19.3 Å². The van der Waals surface area contributed by atoms with E-state index < -0.39 is 0 Å². The molecule has 0 aliphatic carbocycles. The number of ketones is 1. The minimum absolute atomic E-state index is 0.120. The Morgan fingerprint density at radius 1 is 1.33 bits per heavy atom. The second-order valence-electron chi connectivity index (χ2n) is 5.17. The normalized spacial score (nSPS) is 13.4. The molecule has 1 aliphatic rings. The molecule has 2 aromatic rings. The van der Waals surface area contributed by atoms with Crippen LogP contribution in [-0.4, -0.2) is 24.8 Å². The van der Waals surface area contributed by atoms with Crippen molar-refractivity contribution in [1.82, 2.24) is 0 Å². The number of benzene rings is 2. The Kier molecular flexibility index (Phi) is 4.87. The molecule has 0 aromatic heterocycles. The van der Waals surface area contributed by atoms with E-state index in [9.17, 15) is 9.90 Å². The lowest BCUT2D eigenvalue weighted by Gasteiger charge is -2.20. The highest BCUT2D eigenvalue weighted by Crippen LogP contribution is 2.33. The summed E-state index contributed by atoms with van der Waals surface area (Å²) in [5.74, 6) is 0.760. The Morgan fingerprint density at radius 3 is 2.92 bits per heavy atom. The first kappa shape index (κ1) is 16.5. The van der Waals surface area contributed by atoms with Gasteiger partial charge in [0.1, 0.15) is 17.2 Å². The van der Waals surface area contributed by atoms with Gasteiger partial charge in [0.15, 0.2) is 12.6 Å². The standard InChI is InChI=1S/C18H15BrO5/c1-22-14-3-4-15(17(21)8-14)16(20)5-2-11-6-13(19)7-12-9-23-10-24-18(11)12/h2-8,21H,9-10H2,1H3/b5-2+. The molecule has 1 aliphatic heterocycles. The number of hydrogen-bond donors (Lipinski definition) is 1. The van der Waals surface area contributed by atoms with E-state index in [1.807, 2.05) is 12.1 Å². The van der Waals surface area contributed by atoms with Crippen LogP contribution in [0.3, 0.4) is 0 Å². The Bertz CT molecular complexity index is 813. The number of carbonyl (C=O) groups is 1. The van der Waals surface area contributed by atoms with E-state index in [4.69, 9.17) is 14.2 Å². The van der Waals surface area contributed by atoms with Crippen LogP contribution >= 0.6 is 15.9 Å². The van der Waals surface area contributed by atoms with Gasteiger partial charge in [-0.15, -0.1) is 0 Å². The zero-order valence-electron chi connectivity index (χ0n) is 12.9. The maximum Gasteiger partial charge on any atom is 0.189 e. The number of phenolic OH excluding ortho intramolecular Hbond substituents is 1. The molecular formula is C18H15BrO5. The molecule has 3 rings (SSSR count). The van der Waals surface area contributed by atoms with Crippen LogP contribution in [0.2, 0.25) is 0 Å². The average Bonchev–Trinajstić information content (AvgIpc) is 2.59. The smallest absolute Gasteiger partial charge is 0.189 e. The number of fused-ring (bicyclic) bond motifs is 1. The quantitative estimate of drug-likeness (QED) is 0.632. The number of methoxy groups -OCH3 is 1. The maximum atomic E-state index is 12.3. The third-order valence-corrected chi connectivity index (χ3v) is 4.05. The number of phenols is 1. The molecule has 1 N–H and O–H groups in total. The van der Waals surface area contributed by atoms with Crippen LogP contribution in [0.25, 0.3) is 6.08 Å². The van der Waals surface area contributed by atoms with Crippen molar-refractivity contribution >= 4 is 27.8 Å². The van der Waals surface area contributed by atoms with Crippen molar-refractivity contribution in [3.05, 3.63) is 57.6 Å². The van der Waals surface area contributed by atoms with Gasteiger partial charge in [-0.1, -0.05) is 15.9 Å². The molecule has 0 amide bonds. The van der Waals surface area contributed by atoms with Crippen LogP contribution in [0.1, 0.15) is 21.5 Å². The van der Waals surface area contributed by atoms with Crippen LogP contribution in [0.5, 0.6) is 17.2 Å². The molecular weight excluding hydrogens is 376 g/mol. The van der Waals surface area contributed by atoms with Gasteiger partial charge in [-0.25, -0.2) is 0 Å². The molecule has 6 heteroatoms. The fraction of sp³-hybridized carbons (Fsp3) is 0.167. The maximum absolute atomic E-state index is 12.3. The fourth-order valence-electron chi connectivity index (χ4n) is 2.43. The molecule has 0 saturated heterocycles. The average molecular weight is 391 g/mol. The number of carbonyl (C=O) groups excluding carboxylic acids is 1. The molecule has 0 bridgehead atoms. The SMILES string of the molecule is COc1ccc(C(=O)/C=C/c2cc(Br)cc3c2OCOC3)c(O)c1. The Labute approximate surface area is 147 Å². The number of halogens is 1. The predicted molar refractivity (Wildman–Crippen MR) is 92.4 cm³/mol. The molecule has 0 spiro atoms. The molecule has 5 nitrogen and oxygen atoms in total. The third kappa shape index (κ3) is 3.44. The summed E-state index contributed by atoms with van der Waals surface area (Å²) in [6, 6.07) is 8.34. The van der Waals surface area contributed by atoms with Crippen molar-refractivity contribution in [2.75, 3.05) is 13.9 Å².